The van der Waals surface area contributed by atoms with Gasteiger partial charge in [-0.1, -0.05) is 59.8 Å². The average Bonchev–Trinajstić information content (AvgIpc) is 2.78. The van der Waals surface area contributed by atoms with E-state index in [9.17, 15) is 18.0 Å². The Morgan fingerprint density at radius 1 is 0.912 bits per heavy atom. The zero-order valence-electron chi connectivity index (χ0n) is 17.8. The van der Waals surface area contributed by atoms with Crippen molar-refractivity contribution in [2.24, 2.45) is 0 Å². The highest BCUT2D eigenvalue weighted by Crippen LogP contribution is 2.35. The molecule has 0 saturated carbocycles. The van der Waals surface area contributed by atoms with Crippen LogP contribution in [0.2, 0.25) is 5.02 Å². The smallest absolute Gasteiger partial charge is 0.384 e. The fourth-order valence-corrected chi connectivity index (χ4v) is 3.84. The van der Waals surface area contributed by atoms with Crippen molar-refractivity contribution < 1.29 is 18.0 Å². The van der Waals surface area contributed by atoms with E-state index in [1.807, 2.05) is 30.3 Å². The van der Waals surface area contributed by atoms with E-state index in [4.69, 9.17) is 17.3 Å². The minimum Gasteiger partial charge on any atom is -0.384 e. The molecule has 0 radical (unpaired) electrons. The Bertz CT molecular complexity index is 1450. The number of benzene rings is 3. The van der Waals surface area contributed by atoms with Gasteiger partial charge >= 0.3 is 6.18 Å². The lowest BCUT2D eigenvalue weighted by Crippen LogP contribution is -2.10. The second-order valence-electron chi connectivity index (χ2n) is 7.77. The van der Waals surface area contributed by atoms with Crippen molar-refractivity contribution in [1.29, 1.82) is 0 Å². The molecule has 0 unspecified atom stereocenters. The highest BCUT2D eigenvalue weighted by Gasteiger charge is 2.33. The number of carbonyl (C=O) groups is 1. The normalized spacial score (nSPS) is 11.2. The molecule has 0 amide bonds. The number of halogens is 4. The van der Waals surface area contributed by atoms with Crippen LogP contribution >= 0.6 is 11.6 Å². The number of ketones is 1. The third-order valence-corrected chi connectivity index (χ3v) is 5.47. The van der Waals surface area contributed by atoms with E-state index in [2.05, 4.69) is 16.8 Å². The van der Waals surface area contributed by atoms with E-state index in [1.165, 1.54) is 12.1 Å². The van der Waals surface area contributed by atoms with Crippen LogP contribution in [0, 0.1) is 11.8 Å². The molecule has 3 nitrogen and oxygen atoms in total. The number of hydrogen-bond acceptors (Lipinski definition) is 3. The number of fused-ring (bicyclic) bond motifs is 1. The highest BCUT2D eigenvalue weighted by atomic mass is 35.5. The van der Waals surface area contributed by atoms with Crippen molar-refractivity contribution in [3.63, 3.8) is 0 Å². The van der Waals surface area contributed by atoms with Crippen LogP contribution in [0.3, 0.4) is 0 Å². The van der Waals surface area contributed by atoms with Crippen LogP contribution in [0.25, 0.3) is 10.9 Å². The van der Waals surface area contributed by atoms with Gasteiger partial charge in [0.2, 0.25) is 0 Å². The molecule has 170 valence electrons. The number of hydrogen-bond donors (Lipinski definition) is 1. The van der Waals surface area contributed by atoms with Gasteiger partial charge in [-0.25, -0.2) is 4.98 Å². The largest absolute Gasteiger partial charge is 0.417 e. The Hall–Kier alpha value is -3.82. The molecule has 0 fully saturated rings. The molecule has 4 rings (SSSR count). The monoisotopic (exact) mass is 478 g/mol. The number of anilines is 1. The van der Waals surface area contributed by atoms with Crippen molar-refractivity contribution in [1.82, 2.24) is 4.98 Å². The second-order valence-corrected chi connectivity index (χ2v) is 8.17. The fraction of sp³-hybridized carbons (Fsp3) is 0.111. The van der Waals surface area contributed by atoms with Gasteiger partial charge in [-0.05, 0) is 47.5 Å². The summed E-state index contributed by atoms with van der Waals surface area (Å²) in [5.74, 6) is 6.37. The molecule has 4 aromatic rings. The van der Waals surface area contributed by atoms with Crippen molar-refractivity contribution in [3.8, 4) is 11.8 Å². The second kappa shape index (κ2) is 9.58. The van der Waals surface area contributed by atoms with Gasteiger partial charge in [-0.3, -0.25) is 4.79 Å². The molecule has 2 N–H and O–H groups in total. The van der Waals surface area contributed by atoms with E-state index < -0.39 is 16.8 Å². The predicted octanol–water partition coefficient (Wildman–Crippen LogP) is 6.24. The summed E-state index contributed by atoms with van der Waals surface area (Å²) in [5, 5.41) is 0.496. The van der Waals surface area contributed by atoms with Crippen LogP contribution < -0.4 is 5.73 Å². The summed E-state index contributed by atoms with van der Waals surface area (Å²) in [6.07, 6.45) is -4.63. The maximum absolute atomic E-state index is 13.1. The van der Waals surface area contributed by atoms with E-state index in [-0.39, 0.29) is 24.2 Å². The molecule has 0 spiro atoms. The molecule has 1 aromatic heterocycles. The highest BCUT2D eigenvalue weighted by molar-refractivity contribution is 6.31. The first kappa shape index (κ1) is 23.3. The van der Waals surface area contributed by atoms with E-state index >= 15 is 0 Å². The van der Waals surface area contributed by atoms with Gasteiger partial charge in [0.15, 0.2) is 0 Å². The lowest BCUT2D eigenvalue weighted by molar-refractivity contribution is -0.137. The Labute approximate surface area is 199 Å². The molecular formula is C27H18ClF3N2O. The van der Waals surface area contributed by atoms with Crippen molar-refractivity contribution in [2.75, 3.05) is 5.73 Å². The number of Topliss-reactive ketones (excluding diaryl/α,β-unsaturated/α-hetero) is 1. The van der Waals surface area contributed by atoms with Crippen molar-refractivity contribution in [2.45, 2.75) is 19.0 Å². The first-order valence-electron chi connectivity index (χ1n) is 10.3. The van der Waals surface area contributed by atoms with Crippen molar-refractivity contribution in [3.05, 3.63) is 106 Å². The Morgan fingerprint density at radius 2 is 1.65 bits per heavy atom. The SMILES string of the molecule is Nc1cc(C#Cc2cccc(CC(=O)Cc3ccc(Cl)c(C(F)(F)F)c3)c2)c2ccccc2n1. The average molecular weight is 479 g/mol. The third-order valence-electron chi connectivity index (χ3n) is 5.14. The Morgan fingerprint density at radius 3 is 2.41 bits per heavy atom. The molecule has 0 aliphatic carbocycles. The molecule has 0 aliphatic heterocycles. The molecule has 0 bridgehead atoms. The Kier molecular flexibility index (Phi) is 6.58. The molecule has 1 heterocycles. The summed E-state index contributed by atoms with van der Waals surface area (Å²) in [5.41, 5.74) is 8.13. The van der Waals surface area contributed by atoms with Crippen LogP contribution in [0.15, 0.2) is 72.8 Å². The van der Waals surface area contributed by atoms with E-state index in [0.717, 1.165) is 28.1 Å². The lowest BCUT2D eigenvalue weighted by atomic mass is 10.00. The van der Waals surface area contributed by atoms with E-state index in [0.29, 0.717) is 11.4 Å². The summed E-state index contributed by atoms with van der Waals surface area (Å²) in [7, 11) is 0. The Balaban J connectivity index is 1.51. The standard InChI is InChI=1S/C27H18ClF3N2O/c28-24-11-9-19(15-23(24)27(29,30)31)14-21(34)13-18-5-3-4-17(12-18)8-10-20-16-26(32)33-25-7-2-1-6-22(20)25/h1-7,9,11-12,15-16H,13-14H2,(H2,32,33). The molecule has 34 heavy (non-hydrogen) atoms. The number of nitrogens with two attached hydrogens (primary N) is 1. The van der Waals surface area contributed by atoms with Crippen LogP contribution in [-0.4, -0.2) is 10.8 Å². The van der Waals surface area contributed by atoms with Crippen LogP contribution in [-0.2, 0) is 23.8 Å². The number of nitrogens with zero attached hydrogens (tertiary/aromatic N) is 1. The summed E-state index contributed by atoms with van der Waals surface area (Å²) >= 11 is 5.65. The maximum atomic E-state index is 13.1. The molecule has 7 heteroatoms. The summed E-state index contributed by atoms with van der Waals surface area (Å²) in [6.45, 7) is 0. The maximum Gasteiger partial charge on any atom is 0.417 e. The van der Waals surface area contributed by atoms with Gasteiger partial charge in [0.25, 0.3) is 0 Å². The van der Waals surface area contributed by atoms with Crippen LogP contribution in [0.4, 0.5) is 19.0 Å². The molecular weight excluding hydrogens is 461 g/mol. The molecule has 0 saturated heterocycles. The number of nitrogen functional groups attached to an aromatic ring is 1. The molecule has 0 aliphatic rings. The minimum absolute atomic E-state index is 0.0740. The summed E-state index contributed by atoms with van der Waals surface area (Å²) in [4.78, 5) is 16.8. The topological polar surface area (TPSA) is 56.0 Å². The van der Waals surface area contributed by atoms with Gasteiger partial charge in [0, 0.05) is 29.4 Å². The summed E-state index contributed by atoms with van der Waals surface area (Å²) in [6, 6.07) is 20.0. The number of para-hydroxylation sites is 1. The number of carbonyl (C=O) groups excluding carboxylic acids is 1. The van der Waals surface area contributed by atoms with Gasteiger partial charge in [-0.2, -0.15) is 13.2 Å². The zero-order chi connectivity index (χ0) is 24.3. The number of alkyl halides is 3. The van der Waals surface area contributed by atoms with Gasteiger partial charge in [0.1, 0.15) is 11.6 Å². The quantitative estimate of drug-likeness (QED) is 0.353. The number of pyridine rings is 1. The van der Waals surface area contributed by atoms with E-state index in [1.54, 1.807) is 24.3 Å². The number of aromatic nitrogens is 1. The number of rotatable bonds is 4. The summed E-state index contributed by atoms with van der Waals surface area (Å²) < 4.78 is 39.2. The van der Waals surface area contributed by atoms with Gasteiger partial charge < -0.3 is 5.73 Å². The lowest BCUT2D eigenvalue weighted by Gasteiger charge is -2.10. The molecule has 0 atom stereocenters. The molecule has 3 aromatic carbocycles. The zero-order valence-corrected chi connectivity index (χ0v) is 18.5. The van der Waals surface area contributed by atoms with Crippen LogP contribution in [0.5, 0.6) is 0 Å². The third kappa shape index (κ3) is 5.56. The minimum atomic E-state index is -4.58. The fourth-order valence-electron chi connectivity index (χ4n) is 3.62. The van der Waals surface area contributed by atoms with Crippen molar-refractivity contribution >= 4 is 34.1 Å². The van der Waals surface area contributed by atoms with Crippen LogP contribution in [0.1, 0.15) is 27.8 Å². The first-order valence-corrected chi connectivity index (χ1v) is 10.7. The first-order chi connectivity index (χ1) is 16.2. The van der Waals surface area contributed by atoms with Gasteiger partial charge in [-0.15, -0.1) is 0 Å². The predicted molar refractivity (Wildman–Crippen MR) is 127 cm³/mol. The van der Waals surface area contributed by atoms with Gasteiger partial charge in [0.05, 0.1) is 16.1 Å².